The van der Waals surface area contributed by atoms with Crippen molar-refractivity contribution < 1.29 is 60.3 Å². The first-order chi connectivity index (χ1) is 19.5. The molecule has 0 aromatic heterocycles. The third-order valence-corrected chi connectivity index (χ3v) is 7.18. The average Bonchev–Trinajstić information content (AvgIpc) is 3.00. The number of carbonyl (C=O) groups is 3. The molecule has 0 aromatic carbocycles. The molecule has 0 aromatic rings. The van der Waals surface area contributed by atoms with Gasteiger partial charge in [-0.25, -0.2) is 0 Å². The van der Waals surface area contributed by atoms with Crippen molar-refractivity contribution in [2.45, 2.75) is 80.8 Å². The average molecular weight is 598 g/mol. The van der Waals surface area contributed by atoms with Crippen molar-refractivity contribution in [2.24, 2.45) is 5.92 Å². The van der Waals surface area contributed by atoms with E-state index in [0.717, 1.165) is 32.1 Å². The molecular formula is C26H51N3O12. The summed E-state index contributed by atoms with van der Waals surface area (Å²) in [6, 6.07) is 0. The van der Waals surface area contributed by atoms with E-state index in [1.54, 1.807) is 0 Å². The fourth-order valence-corrected chi connectivity index (χ4v) is 3.94. The summed E-state index contributed by atoms with van der Waals surface area (Å²) in [4.78, 5) is 37.8. The van der Waals surface area contributed by atoms with Crippen LogP contribution in [0, 0.1) is 5.92 Å². The summed E-state index contributed by atoms with van der Waals surface area (Å²) in [6.45, 7) is -6.44. The maximum absolute atomic E-state index is 12.9. The molecule has 0 aliphatic heterocycles. The lowest BCUT2D eigenvalue weighted by molar-refractivity contribution is -0.140. The van der Waals surface area contributed by atoms with Gasteiger partial charge in [0.1, 0.15) is 22.5 Å². The highest BCUT2D eigenvalue weighted by atomic mass is 16.3. The molecule has 0 saturated carbocycles. The van der Waals surface area contributed by atoms with Gasteiger partial charge in [-0.1, -0.05) is 44.9 Å². The van der Waals surface area contributed by atoms with Crippen molar-refractivity contribution in [1.82, 2.24) is 16.0 Å². The van der Waals surface area contributed by atoms with Gasteiger partial charge >= 0.3 is 0 Å². The zero-order valence-electron chi connectivity index (χ0n) is 23.8. The molecule has 3 amide bonds. The summed E-state index contributed by atoms with van der Waals surface area (Å²) >= 11 is 0. The zero-order valence-corrected chi connectivity index (χ0v) is 23.8. The molecule has 15 nitrogen and oxygen atoms in total. The first kappa shape index (κ1) is 39.0. The Morgan fingerprint density at radius 1 is 0.439 bits per heavy atom. The first-order valence-electron chi connectivity index (χ1n) is 14.0. The minimum Gasteiger partial charge on any atom is -0.394 e. The maximum atomic E-state index is 12.9. The second kappa shape index (κ2) is 20.9. The molecule has 0 fully saturated rings. The van der Waals surface area contributed by atoms with E-state index < -0.39 is 93.8 Å². The van der Waals surface area contributed by atoms with Gasteiger partial charge in [0.2, 0.25) is 17.7 Å². The van der Waals surface area contributed by atoms with E-state index in [0.29, 0.717) is 19.3 Å². The van der Waals surface area contributed by atoms with E-state index in [2.05, 4.69) is 16.0 Å². The molecule has 0 heterocycles. The zero-order chi connectivity index (χ0) is 31.4. The normalized spacial score (nSPS) is 12.4. The van der Waals surface area contributed by atoms with Gasteiger partial charge in [0.15, 0.2) is 0 Å². The number of hydrogen-bond donors (Lipinski definition) is 12. The van der Waals surface area contributed by atoms with Crippen LogP contribution in [-0.2, 0) is 14.4 Å². The van der Waals surface area contributed by atoms with Crippen LogP contribution >= 0.6 is 0 Å². The number of nitrogens with one attached hydrogen (secondary N) is 3. The van der Waals surface area contributed by atoms with Crippen molar-refractivity contribution in [3.63, 3.8) is 0 Å². The van der Waals surface area contributed by atoms with Crippen molar-refractivity contribution in [3.8, 4) is 0 Å². The number of aliphatic hydroxyl groups is 9. The molecule has 0 rings (SSSR count). The lowest BCUT2D eigenvalue weighted by Crippen LogP contribution is -2.62. The van der Waals surface area contributed by atoms with Crippen LogP contribution in [0.25, 0.3) is 0 Å². The molecule has 0 atom stereocenters. The van der Waals surface area contributed by atoms with Crippen LogP contribution in [0.15, 0.2) is 0 Å². The summed E-state index contributed by atoms with van der Waals surface area (Å²) in [7, 11) is 0. The van der Waals surface area contributed by atoms with Crippen LogP contribution in [0.4, 0.5) is 0 Å². The van der Waals surface area contributed by atoms with E-state index in [4.69, 9.17) is 0 Å². The van der Waals surface area contributed by atoms with E-state index in [9.17, 15) is 60.3 Å². The molecule has 12 N–H and O–H groups in total. The van der Waals surface area contributed by atoms with Crippen LogP contribution in [0.1, 0.15) is 64.2 Å². The second-order valence-electron chi connectivity index (χ2n) is 10.7. The maximum Gasteiger partial charge on any atom is 0.233 e. The predicted octanol–water partition coefficient (Wildman–Crippen LogP) is -4.00. The molecular weight excluding hydrogens is 546 g/mol. The van der Waals surface area contributed by atoms with Crippen molar-refractivity contribution >= 4 is 17.7 Å². The highest BCUT2D eigenvalue weighted by Crippen LogP contribution is 2.17. The number of hydrogen-bond acceptors (Lipinski definition) is 12. The number of rotatable bonds is 25. The Morgan fingerprint density at radius 3 is 1.07 bits per heavy atom. The fourth-order valence-electron chi connectivity index (χ4n) is 3.94. The number of amides is 3. The Morgan fingerprint density at radius 2 is 0.732 bits per heavy atom. The standard InChI is InChI=1S/C26H51N3O12/c30-11-24(12-31,13-32)27-21(39)10-8-6-4-2-1-3-5-7-9-20(22(40)28-25(14-33,15-34)16-35)23(41)29-26(17-36,18-37)19-38/h20,30-38H,1-19H2,(H,27,39)(H,28,40)(H,29,41). The van der Waals surface area contributed by atoms with E-state index in [1.165, 1.54) is 0 Å². The molecule has 242 valence electrons. The largest absolute Gasteiger partial charge is 0.394 e. The van der Waals surface area contributed by atoms with Crippen LogP contribution in [0.5, 0.6) is 0 Å². The molecule has 41 heavy (non-hydrogen) atoms. The molecule has 15 heteroatoms. The highest BCUT2D eigenvalue weighted by Gasteiger charge is 2.38. The van der Waals surface area contributed by atoms with Gasteiger partial charge in [-0.15, -0.1) is 0 Å². The number of carbonyl (C=O) groups excluding carboxylic acids is 3. The topological polar surface area (TPSA) is 269 Å². The molecule has 0 aliphatic rings. The van der Waals surface area contributed by atoms with E-state index in [1.807, 2.05) is 0 Å². The number of aliphatic hydroxyl groups excluding tert-OH is 9. The SMILES string of the molecule is O=C(CCCCCCCCCCC(C(=O)NC(CO)(CO)CO)C(=O)NC(CO)(CO)CO)NC(CO)(CO)CO. The molecule has 0 radical (unpaired) electrons. The molecule has 0 unspecified atom stereocenters. The smallest absolute Gasteiger partial charge is 0.233 e. The van der Waals surface area contributed by atoms with Crippen LogP contribution in [-0.4, -0.2) is 140 Å². The van der Waals surface area contributed by atoms with Crippen LogP contribution in [0.3, 0.4) is 0 Å². The minimum absolute atomic E-state index is 0.0561. The Kier molecular flexibility index (Phi) is 19.9. The van der Waals surface area contributed by atoms with Gasteiger partial charge in [0.25, 0.3) is 0 Å². The Bertz CT molecular complexity index is 684. The summed E-state index contributed by atoms with van der Waals surface area (Å²) < 4.78 is 0. The molecule has 0 saturated heterocycles. The Balaban J connectivity index is 4.71. The van der Waals surface area contributed by atoms with Gasteiger partial charge in [0.05, 0.1) is 59.5 Å². The van der Waals surface area contributed by atoms with Crippen LogP contribution in [0.2, 0.25) is 0 Å². The lowest BCUT2D eigenvalue weighted by Gasteiger charge is -2.33. The van der Waals surface area contributed by atoms with Gasteiger partial charge < -0.3 is 61.9 Å². The van der Waals surface area contributed by atoms with Crippen molar-refractivity contribution in [2.75, 3.05) is 59.5 Å². The van der Waals surface area contributed by atoms with Crippen molar-refractivity contribution in [3.05, 3.63) is 0 Å². The first-order valence-corrected chi connectivity index (χ1v) is 14.0. The van der Waals surface area contributed by atoms with Gasteiger partial charge in [0, 0.05) is 6.42 Å². The third-order valence-electron chi connectivity index (χ3n) is 7.18. The third kappa shape index (κ3) is 13.3. The summed E-state index contributed by atoms with van der Waals surface area (Å²) in [5.74, 6) is -3.47. The molecule has 0 aliphatic carbocycles. The minimum atomic E-state index is -1.75. The monoisotopic (exact) mass is 597 g/mol. The number of unbranched alkanes of at least 4 members (excludes halogenated alkanes) is 7. The summed E-state index contributed by atoms with van der Waals surface area (Å²) in [6.07, 6.45) is 6.16. The van der Waals surface area contributed by atoms with Crippen LogP contribution < -0.4 is 16.0 Å². The highest BCUT2D eigenvalue weighted by molar-refractivity contribution is 6.00. The van der Waals surface area contributed by atoms with Gasteiger partial charge in [-0.05, 0) is 12.8 Å². The predicted molar refractivity (Wildman–Crippen MR) is 146 cm³/mol. The Hall–Kier alpha value is -1.95. The quantitative estimate of drug-likeness (QED) is 0.0355. The molecule has 0 bridgehead atoms. The lowest BCUT2D eigenvalue weighted by atomic mass is 9.94. The van der Waals surface area contributed by atoms with Gasteiger partial charge in [-0.2, -0.15) is 0 Å². The fraction of sp³-hybridized carbons (Fsp3) is 0.885. The molecule has 0 spiro atoms. The Labute approximate surface area is 240 Å². The van der Waals surface area contributed by atoms with E-state index in [-0.39, 0.29) is 18.7 Å². The summed E-state index contributed by atoms with van der Waals surface area (Å²) in [5, 5.41) is 92.0. The van der Waals surface area contributed by atoms with Gasteiger partial charge in [-0.3, -0.25) is 14.4 Å². The van der Waals surface area contributed by atoms with Crippen molar-refractivity contribution in [1.29, 1.82) is 0 Å². The second-order valence-corrected chi connectivity index (χ2v) is 10.7. The summed E-state index contributed by atoms with van der Waals surface area (Å²) in [5.41, 5.74) is -4.94. The van der Waals surface area contributed by atoms with E-state index >= 15 is 0 Å².